The molecular weight excluding hydrogens is 198 g/mol. The molecule has 1 aromatic carbocycles. The molecule has 0 aliphatic carbocycles. The quantitative estimate of drug-likeness (QED) is 0.827. The van der Waals surface area contributed by atoms with Gasteiger partial charge in [-0.15, -0.1) is 0 Å². The third kappa shape index (κ3) is 3.37. The molecule has 88 valence electrons. The maximum atomic E-state index is 11.6. The summed E-state index contributed by atoms with van der Waals surface area (Å²) in [6.45, 7) is 7.98. The summed E-state index contributed by atoms with van der Waals surface area (Å²) in [7, 11) is 0. The molecule has 1 rings (SSSR count). The van der Waals surface area contributed by atoms with E-state index < -0.39 is 0 Å². The van der Waals surface area contributed by atoms with Crippen LogP contribution in [0.5, 0.6) is 0 Å². The molecule has 2 heteroatoms. The molecular formula is C14H21NO. The van der Waals surface area contributed by atoms with Crippen LogP contribution in [0.15, 0.2) is 24.3 Å². The molecule has 0 saturated heterocycles. The Kier molecular flexibility index (Phi) is 4.53. The van der Waals surface area contributed by atoms with E-state index in [0.29, 0.717) is 0 Å². The van der Waals surface area contributed by atoms with Crippen LogP contribution in [0.3, 0.4) is 0 Å². The Morgan fingerprint density at radius 1 is 1.25 bits per heavy atom. The second-order valence-electron chi connectivity index (χ2n) is 4.53. The molecule has 0 fully saturated rings. The second kappa shape index (κ2) is 5.69. The summed E-state index contributed by atoms with van der Waals surface area (Å²) in [5.74, 6) is 0.159. The van der Waals surface area contributed by atoms with Gasteiger partial charge in [-0.05, 0) is 18.9 Å². The summed E-state index contributed by atoms with van der Waals surface area (Å²) in [5, 5.41) is 3.06. The van der Waals surface area contributed by atoms with E-state index in [9.17, 15) is 4.79 Å². The van der Waals surface area contributed by atoms with Crippen LogP contribution >= 0.6 is 0 Å². The minimum atomic E-state index is 0.0412. The molecule has 1 amide bonds. The first kappa shape index (κ1) is 12.8. The van der Waals surface area contributed by atoms with Crippen LogP contribution < -0.4 is 5.32 Å². The van der Waals surface area contributed by atoms with Gasteiger partial charge in [-0.3, -0.25) is 4.79 Å². The summed E-state index contributed by atoms with van der Waals surface area (Å²) >= 11 is 0. The number of amides is 1. The van der Waals surface area contributed by atoms with E-state index in [1.54, 1.807) is 0 Å². The van der Waals surface area contributed by atoms with Gasteiger partial charge in [-0.2, -0.15) is 0 Å². The summed E-state index contributed by atoms with van der Waals surface area (Å²) < 4.78 is 0. The smallest absolute Gasteiger partial charge is 0.223 e. The van der Waals surface area contributed by atoms with Gasteiger partial charge in [0.05, 0.1) is 6.04 Å². The van der Waals surface area contributed by atoms with Crippen molar-refractivity contribution in [3.8, 4) is 0 Å². The standard InChI is InChI=1S/C14H21NO/c1-5-13(15-14(16)10(2)3)12-8-6-11(4)7-9-12/h6-10,13H,5H2,1-4H3,(H,15,16)/t13-/m0/s1. The number of hydrogen-bond acceptors (Lipinski definition) is 1. The van der Waals surface area contributed by atoms with Crippen molar-refractivity contribution >= 4 is 5.91 Å². The van der Waals surface area contributed by atoms with Crippen molar-refractivity contribution in [2.75, 3.05) is 0 Å². The number of carbonyl (C=O) groups excluding carboxylic acids is 1. The molecule has 0 heterocycles. The van der Waals surface area contributed by atoms with Crippen LogP contribution in [0.4, 0.5) is 0 Å². The maximum absolute atomic E-state index is 11.6. The summed E-state index contributed by atoms with van der Waals surface area (Å²) in [6, 6.07) is 8.48. The molecule has 0 radical (unpaired) electrons. The normalized spacial score (nSPS) is 12.6. The van der Waals surface area contributed by atoms with Gasteiger partial charge in [0.2, 0.25) is 5.91 Å². The largest absolute Gasteiger partial charge is 0.349 e. The minimum Gasteiger partial charge on any atom is -0.349 e. The van der Waals surface area contributed by atoms with Gasteiger partial charge in [0.15, 0.2) is 0 Å². The average Bonchev–Trinajstić information content (AvgIpc) is 2.26. The van der Waals surface area contributed by atoms with Gasteiger partial charge in [-0.1, -0.05) is 50.6 Å². The molecule has 0 saturated carbocycles. The zero-order chi connectivity index (χ0) is 12.1. The maximum Gasteiger partial charge on any atom is 0.223 e. The minimum absolute atomic E-state index is 0.0412. The molecule has 2 nitrogen and oxygen atoms in total. The zero-order valence-corrected chi connectivity index (χ0v) is 10.6. The van der Waals surface area contributed by atoms with Gasteiger partial charge >= 0.3 is 0 Å². The molecule has 16 heavy (non-hydrogen) atoms. The molecule has 0 aliphatic heterocycles. The third-order valence-electron chi connectivity index (χ3n) is 2.73. The van der Waals surface area contributed by atoms with Gasteiger partial charge in [0, 0.05) is 5.92 Å². The highest BCUT2D eigenvalue weighted by atomic mass is 16.1. The lowest BCUT2D eigenvalue weighted by atomic mass is 10.0. The monoisotopic (exact) mass is 219 g/mol. The highest BCUT2D eigenvalue weighted by Gasteiger charge is 2.14. The fourth-order valence-corrected chi connectivity index (χ4v) is 1.56. The lowest BCUT2D eigenvalue weighted by molar-refractivity contribution is -0.124. The average molecular weight is 219 g/mol. The van der Waals surface area contributed by atoms with Gasteiger partial charge in [0.25, 0.3) is 0 Å². The molecule has 0 bridgehead atoms. The molecule has 0 aromatic heterocycles. The van der Waals surface area contributed by atoms with Crippen molar-refractivity contribution in [3.05, 3.63) is 35.4 Å². The number of rotatable bonds is 4. The molecule has 0 aliphatic rings. The number of benzene rings is 1. The van der Waals surface area contributed by atoms with E-state index >= 15 is 0 Å². The third-order valence-corrected chi connectivity index (χ3v) is 2.73. The zero-order valence-electron chi connectivity index (χ0n) is 10.6. The van der Waals surface area contributed by atoms with Crippen molar-refractivity contribution in [1.29, 1.82) is 0 Å². The molecule has 1 N–H and O–H groups in total. The fourth-order valence-electron chi connectivity index (χ4n) is 1.56. The van der Waals surface area contributed by atoms with E-state index in [1.807, 2.05) is 13.8 Å². The van der Waals surface area contributed by atoms with E-state index in [2.05, 4.69) is 43.4 Å². The number of nitrogens with one attached hydrogen (secondary N) is 1. The van der Waals surface area contributed by atoms with Crippen molar-refractivity contribution in [1.82, 2.24) is 5.32 Å². The van der Waals surface area contributed by atoms with Crippen molar-refractivity contribution in [2.24, 2.45) is 5.92 Å². The lowest BCUT2D eigenvalue weighted by Gasteiger charge is -2.19. The van der Waals surface area contributed by atoms with Gasteiger partial charge in [0.1, 0.15) is 0 Å². The molecule has 1 aromatic rings. The first-order valence-corrected chi connectivity index (χ1v) is 5.91. The van der Waals surface area contributed by atoms with Crippen LogP contribution in [-0.2, 0) is 4.79 Å². The number of aryl methyl sites for hydroxylation is 1. The van der Waals surface area contributed by atoms with E-state index in [-0.39, 0.29) is 17.9 Å². The van der Waals surface area contributed by atoms with E-state index in [4.69, 9.17) is 0 Å². The summed E-state index contributed by atoms with van der Waals surface area (Å²) in [4.78, 5) is 11.6. The number of hydrogen-bond donors (Lipinski definition) is 1. The molecule has 0 unspecified atom stereocenters. The fraction of sp³-hybridized carbons (Fsp3) is 0.500. The Morgan fingerprint density at radius 2 is 1.81 bits per heavy atom. The van der Waals surface area contributed by atoms with E-state index in [1.165, 1.54) is 11.1 Å². The Morgan fingerprint density at radius 3 is 2.25 bits per heavy atom. The lowest BCUT2D eigenvalue weighted by Crippen LogP contribution is -2.31. The predicted molar refractivity (Wildman–Crippen MR) is 67.2 cm³/mol. The van der Waals surface area contributed by atoms with Gasteiger partial charge < -0.3 is 5.32 Å². The first-order valence-electron chi connectivity index (χ1n) is 5.91. The van der Waals surface area contributed by atoms with E-state index in [0.717, 1.165) is 6.42 Å². The topological polar surface area (TPSA) is 29.1 Å². The Labute approximate surface area is 98.1 Å². The van der Waals surface area contributed by atoms with Gasteiger partial charge in [-0.25, -0.2) is 0 Å². The Bertz CT molecular complexity index is 340. The highest BCUT2D eigenvalue weighted by molar-refractivity contribution is 5.78. The Balaban J connectivity index is 2.74. The SMILES string of the molecule is CC[C@H](NC(=O)C(C)C)c1ccc(C)cc1. The van der Waals surface area contributed by atoms with Crippen LogP contribution in [0.2, 0.25) is 0 Å². The van der Waals surface area contributed by atoms with Crippen LogP contribution in [-0.4, -0.2) is 5.91 Å². The van der Waals surface area contributed by atoms with Crippen LogP contribution in [0, 0.1) is 12.8 Å². The molecule has 1 atom stereocenters. The number of carbonyl (C=O) groups is 1. The van der Waals surface area contributed by atoms with Crippen LogP contribution in [0.1, 0.15) is 44.4 Å². The highest BCUT2D eigenvalue weighted by Crippen LogP contribution is 2.17. The predicted octanol–water partition coefficient (Wildman–Crippen LogP) is 3.22. The van der Waals surface area contributed by atoms with Crippen molar-refractivity contribution in [2.45, 2.75) is 40.2 Å². The summed E-state index contributed by atoms with van der Waals surface area (Å²) in [6.07, 6.45) is 0.918. The van der Waals surface area contributed by atoms with Crippen LogP contribution in [0.25, 0.3) is 0 Å². The second-order valence-corrected chi connectivity index (χ2v) is 4.53. The van der Waals surface area contributed by atoms with Crippen molar-refractivity contribution in [3.63, 3.8) is 0 Å². The Hall–Kier alpha value is -1.31. The molecule has 0 spiro atoms. The summed E-state index contributed by atoms with van der Waals surface area (Å²) in [5.41, 5.74) is 2.43. The first-order chi connectivity index (χ1) is 7.54. The van der Waals surface area contributed by atoms with Crippen molar-refractivity contribution < 1.29 is 4.79 Å².